The molecule has 2 heteroatoms. The monoisotopic (exact) mass is 376 g/mol. The molecule has 0 saturated carbocycles. The van der Waals surface area contributed by atoms with Crippen molar-refractivity contribution in [3.05, 3.63) is 70.9 Å². The number of allylic oxidation sites excluding steroid dienone is 2. The maximum Gasteiger partial charge on any atom is 0.0701 e. The SMILES string of the molecule is CC(/C=C(/C)Nc1ccc(C(C)C)cc1)=Nc1c(C(C)C)cccc1C(C)C. The van der Waals surface area contributed by atoms with Crippen LogP contribution in [0.2, 0.25) is 0 Å². The molecule has 0 amide bonds. The molecule has 2 rings (SSSR count). The predicted molar refractivity (Wildman–Crippen MR) is 125 cm³/mol. The van der Waals surface area contributed by atoms with Crippen LogP contribution in [0, 0.1) is 0 Å². The number of nitrogens with one attached hydrogen (secondary N) is 1. The van der Waals surface area contributed by atoms with E-state index in [1.165, 1.54) is 16.7 Å². The van der Waals surface area contributed by atoms with Gasteiger partial charge in [-0.1, -0.05) is 71.9 Å². The molecular weight excluding hydrogens is 340 g/mol. The summed E-state index contributed by atoms with van der Waals surface area (Å²) in [6, 6.07) is 15.2. The summed E-state index contributed by atoms with van der Waals surface area (Å²) < 4.78 is 0. The summed E-state index contributed by atoms with van der Waals surface area (Å²) in [5, 5.41) is 3.48. The van der Waals surface area contributed by atoms with Crippen LogP contribution in [0.4, 0.5) is 11.4 Å². The van der Waals surface area contributed by atoms with Gasteiger partial charge in [-0.3, -0.25) is 4.99 Å². The van der Waals surface area contributed by atoms with Crippen molar-refractivity contribution in [1.29, 1.82) is 0 Å². The number of anilines is 1. The first-order chi connectivity index (χ1) is 13.2. The highest BCUT2D eigenvalue weighted by molar-refractivity contribution is 5.96. The zero-order valence-corrected chi connectivity index (χ0v) is 18.8. The highest BCUT2D eigenvalue weighted by Crippen LogP contribution is 2.35. The lowest BCUT2D eigenvalue weighted by Crippen LogP contribution is -2.00. The third-order valence-electron chi connectivity index (χ3n) is 4.97. The van der Waals surface area contributed by atoms with E-state index in [0.29, 0.717) is 17.8 Å². The Labute approximate surface area is 171 Å². The van der Waals surface area contributed by atoms with Crippen LogP contribution in [0.5, 0.6) is 0 Å². The Morgan fingerprint density at radius 1 is 0.786 bits per heavy atom. The van der Waals surface area contributed by atoms with Gasteiger partial charge in [-0.25, -0.2) is 0 Å². The molecule has 0 radical (unpaired) electrons. The van der Waals surface area contributed by atoms with Crippen LogP contribution in [-0.2, 0) is 0 Å². The molecular formula is C26H36N2. The number of aliphatic imine (C=N–C) groups is 1. The van der Waals surface area contributed by atoms with Crippen molar-refractivity contribution in [3.8, 4) is 0 Å². The Kier molecular flexibility index (Phi) is 7.62. The van der Waals surface area contributed by atoms with Gasteiger partial charge in [0.2, 0.25) is 0 Å². The molecule has 1 N–H and O–H groups in total. The van der Waals surface area contributed by atoms with E-state index in [1.807, 2.05) is 0 Å². The van der Waals surface area contributed by atoms with Gasteiger partial charge >= 0.3 is 0 Å². The summed E-state index contributed by atoms with van der Waals surface area (Å²) >= 11 is 0. The van der Waals surface area contributed by atoms with Crippen LogP contribution < -0.4 is 5.32 Å². The lowest BCUT2D eigenvalue weighted by molar-refractivity contribution is 0.834. The van der Waals surface area contributed by atoms with E-state index < -0.39 is 0 Å². The van der Waals surface area contributed by atoms with E-state index in [1.54, 1.807) is 0 Å². The van der Waals surface area contributed by atoms with E-state index in [0.717, 1.165) is 22.8 Å². The highest BCUT2D eigenvalue weighted by Gasteiger charge is 2.13. The molecule has 0 aliphatic heterocycles. The van der Waals surface area contributed by atoms with Crippen LogP contribution in [-0.4, -0.2) is 5.71 Å². The predicted octanol–water partition coefficient (Wildman–Crippen LogP) is 8.17. The van der Waals surface area contributed by atoms with Crippen molar-refractivity contribution in [2.75, 3.05) is 5.32 Å². The van der Waals surface area contributed by atoms with E-state index in [-0.39, 0.29) is 0 Å². The summed E-state index contributed by atoms with van der Waals surface area (Å²) in [7, 11) is 0. The molecule has 0 unspecified atom stereocenters. The lowest BCUT2D eigenvalue weighted by atomic mass is 9.93. The summed E-state index contributed by atoms with van der Waals surface area (Å²) in [5.74, 6) is 1.46. The zero-order valence-electron chi connectivity index (χ0n) is 18.8. The normalized spacial score (nSPS) is 13.0. The maximum absolute atomic E-state index is 5.02. The molecule has 0 aromatic heterocycles. The van der Waals surface area contributed by atoms with E-state index in [4.69, 9.17) is 4.99 Å². The van der Waals surface area contributed by atoms with Crippen molar-refractivity contribution < 1.29 is 0 Å². The van der Waals surface area contributed by atoms with Gasteiger partial charge < -0.3 is 5.32 Å². The number of hydrogen-bond acceptors (Lipinski definition) is 2. The molecule has 28 heavy (non-hydrogen) atoms. The van der Waals surface area contributed by atoms with Gasteiger partial charge in [0, 0.05) is 17.1 Å². The topological polar surface area (TPSA) is 24.4 Å². The Balaban J connectivity index is 2.27. The molecule has 2 nitrogen and oxygen atoms in total. The first-order valence-corrected chi connectivity index (χ1v) is 10.4. The largest absolute Gasteiger partial charge is 0.359 e. The average Bonchev–Trinajstić information content (AvgIpc) is 2.61. The summed E-state index contributed by atoms with van der Waals surface area (Å²) in [4.78, 5) is 5.02. The van der Waals surface area contributed by atoms with E-state index in [2.05, 4.69) is 109 Å². The van der Waals surface area contributed by atoms with Gasteiger partial charge in [0.15, 0.2) is 0 Å². The van der Waals surface area contributed by atoms with E-state index in [9.17, 15) is 0 Å². The van der Waals surface area contributed by atoms with Crippen molar-refractivity contribution >= 4 is 17.1 Å². The smallest absolute Gasteiger partial charge is 0.0701 e. The standard InChI is InChI=1S/C26H36N2/c1-17(2)22-12-14-23(15-13-22)27-20(7)16-21(8)28-26-24(18(3)4)10-9-11-25(26)19(5)6/h9-19,27H,1-8H3/b20-16-,28-21?. The average molecular weight is 377 g/mol. The molecule has 0 saturated heterocycles. The summed E-state index contributed by atoms with van der Waals surface area (Å²) in [6.45, 7) is 17.5. The fraction of sp³-hybridized carbons (Fsp3) is 0.423. The number of para-hydroxylation sites is 1. The van der Waals surface area contributed by atoms with Gasteiger partial charge in [-0.05, 0) is 66.5 Å². The Bertz CT molecular complexity index is 811. The molecule has 0 heterocycles. The Hall–Kier alpha value is -2.35. The van der Waals surface area contributed by atoms with Crippen molar-refractivity contribution in [3.63, 3.8) is 0 Å². The van der Waals surface area contributed by atoms with Gasteiger partial charge in [-0.2, -0.15) is 0 Å². The Morgan fingerprint density at radius 3 is 1.79 bits per heavy atom. The van der Waals surface area contributed by atoms with Crippen LogP contribution in [0.3, 0.4) is 0 Å². The third-order valence-corrected chi connectivity index (χ3v) is 4.97. The quantitative estimate of drug-likeness (QED) is 0.484. The van der Waals surface area contributed by atoms with Crippen molar-refractivity contribution in [2.45, 2.75) is 73.1 Å². The van der Waals surface area contributed by atoms with Gasteiger partial charge in [0.1, 0.15) is 0 Å². The van der Waals surface area contributed by atoms with Gasteiger partial charge in [-0.15, -0.1) is 0 Å². The molecule has 0 aliphatic carbocycles. The first kappa shape index (κ1) is 21.9. The minimum absolute atomic E-state index is 0.452. The van der Waals surface area contributed by atoms with Crippen LogP contribution >= 0.6 is 0 Å². The van der Waals surface area contributed by atoms with Crippen molar-refractivity contribution in [1.82, 2.24) is 0 Å². The summed E-state index contributed by atoms with van der Waals surface area (Å²) in [5.41, 5.74) is 8.33. The second-order valence-electron chi connectivity index (χ2n) is 8.58. The van der Waals surface area contributed by atoms with Crippen LogP contribution in [0.1, 0.15) is 89.8 Å². The number of nitrogens with zero attached hydrogens (tertiary/aromatic N) is 1. The maximum atomic E-state index is 5.02. The zero-order chi connectivity index (χ0) is 20.8. The first-order valence-electron chi connectivity index (χ1n) is 10.4. The minimum Gasteiger partial charge on any atom is -0.359 e. The molecule has 0 atom stereocenters. The molecule has 2 aromatic rings. The molecule has 0 bridgehead atoms. The number of rotatable bonds is 7. The lowest BCUT2D eigenvalue weighted by Gasteiger charge is -2.17. The van der Waals surface area contributed by atoms with Crippen LogP contribution in [0.25, 0.3) is 0 Å². The minimum atomic E-state index is 0.452. The Morgan fingerprint density at radius 2 is 1.32 bits per heavy atom. The molecule has 0 spiro atoms. The number of benzene rings is 2. The number of hydrogen-bond donors (Lipinski definition) is 1. The van der Waals surface area contributed by atoms with Gasteiger partial charge in [0.05, 0.1) is 5.69 Å². The molecule has 150 valence electrons. The fourth-order valence-corrected chi connectivity index (χ4v) is 3.38. The van der Waals surface area contributed by atoms with Gasteiger partial charge in [0.25, 0.3) is 0 Å². The molecule has 0 aliphatic rings. The van der Waals surface area contributed by atoms with E-state index >= 15 is 0 Å². The second-order valence-corrected chi connectivity index (χ2v) is 8.58. The fourth-order valence-electron chi connectivity index (χ4n) is 3.38. The van der Waals surface area contributed by atoms with Crippen LogP contribution in [0.15, 0.2) is 59.2 Å². The summed E-state index contributed by atoms with van der Waals surface area (Å²) in [6.07, 6.45) is 2.12. The highest BCUT2D eigenvalue weighted by atomic mass is 14.9. The molecule has 2 aromatic carbocycles. The second kappa shape index (κ2) is 9.73. The van der Waals surface area contributed by atoms with Crippen molar-refractivity contribution in [2.24, 2.45) is 4.99 Å². The molecule has 0 fully saturated rings. The third kappa shape index (κ3) is 5.82.